The number of nitrogens with one attached hydrogen (secondary N) is 1. The van der Waals surface area contributed by atoms with Crippen LogP contribution < -0.4 is 67.4 Å². The Labute approximate surface area is 224 Å². The van der Waals surface area contributed by atoms with E-state index in [4.69, 9.17) is 17.9 Å². The molecule has 1 saturated heterocycles. The molecule has 0 bridgehead atoms. The zero-order valence-electron chi connectivity index (χ0n) is 28.0. The molecule has 2 aromatic heterocycles. The van der Waals surface area contributed by atoms with E-state index in [1.54, 1.807) is 0 Å². The number of likely N-dealkylation sites (tertiary alicyclic amines) is 1. The Morgan fingerprint density at radius 1 is 1.63 bits per heavy atom. The van der Waals surface area contributed by atoms with Gasteiger partial charge >= 0.3 is 51.4 Å². The minimum Gasteiger partial charge on any atom is -0.871 e. The predicted octanol–water partition coefficient (Wildman–Crippen LogP) is -0.673. The van der Waals surface area contributed by atoms with Crippen molar-refractivity contribution < 1.29 is 79.1 Å². The molecule has 1 aliphatic rings. The Morgan fingerprint density at radius 3 is 3.07 bits per heavy atom. The number of fused-ring (bicyclic) bond motifs is 1. The van der Waals surface area contributed by atoms with Crippen molar-refractivity contribution in [1.82, 2.24) is 14.8 Å². The molecule has 1 N–H and O–H groups in total. The Morgan fingerprint density at radius 2 is 2.37 bits per heavy atom. The largest absolute Gasteiger partial charge is 1.00 e. The summed E-state index contributed by atoms with van der Waals surface area (Å²) in [5.41, 5.74) is -3.04. The summed E-state index contributed by atoms with van der Waals surface area (Å²) in [6, 6.07) is -3.54. The second kappa shape index (κ2) is 10.5. The Kier molecular flexibility index (Phi) is 4.17. The molecule has 0 radical (unpaired) electrons. The van der Waals surface area contributed by atoms with E-state index >= 15 is 0 Å². The topological polar surface area (TPSA) is 77.4 Å². The van der Waals surface area contributed by atoms with E-state index in [-0.39, 0.29) is 81.9 Å². The maximum absolute atomic E-state index is 13.4. The molecular weight excluding hydrogens is 389 g/mol. The van der Waals surface area contributed by atoms with Crippen LogP contribution in [0.1, 0.15) is 72.2 Å². The second-order valence-electron chi connectivity index (χ2n) is 5.59. The van der Waals surface area contributed by atoms with Crippen molar-refractivity contribution in [2.45, 2.75) is 45.4 Å². The van der Waals surface area contributed by atoms with Gasteiger partial charge in [0.05, 0.1) is 9.68 Å². The van der Waals surface area contributed by atoms with Gasteiger partial charge in [-0.15, -0.1) is 11.3 Å². The summed E-state index contributed by atoms with van der Waals surface area (Å²) >= 11 is 0.379. The first kappa shape index (κ1) is 10.7. The van der Waals surface area contributed by atoms with E-state index in [1.165, 1.54) is 0 Å². The van der Waals surface area contributed by atoms with Crippen molar-refractivity contribution in [1.29, 1.82) is 0 Å². The molecule has 0 aromatic carbocycles. The normalized spacial score (nSPS) is 27.7. The number of rotatable bonds is 6. The molecule has 1 amide bonds. The summed E-state index contributed by atoms with van der Waals surface area (Å²) in [4.78, 5) is 27.3. The number of thiophene rings is 1. The molecule has 0 aliphatic carbocycles. The molecule has 2 aromatic rings. The van der Waals surface area contributed by atoms with Crippen LogP contribution in [0.15, 0.2) is 16.2 Å². The number of amides is 1. The zero-order valence-corrected chi connectivity index (χ0v) is 18.9. The molecule has 1 aliphatic heterocycles. The zero-order chi connectivity index (χ0) is 30.1. The van der Waals surface area contributed by atoms with Gasteiger partial charge in [-0.3, -0.25) is 14.2 Å². The summed E-state index contributed by atoms with van der Waals surface area (Å²) in [7, 11) is 0. The smallest absolute Gasteiger partial charge is 0.871 e. The van der Waals surface area contributed by atoms with Crippen LogP contribution in [0.5, 0.6) is 5.75 Å². The number of nitrogens with zero attached hydrogens (tertiary/aromatic N) is 2. The Balaban J connectivity index is 0.00000560. The van der Waals surface area contributed by atoms with Crippen molar-refractivity contribution in [3.05, 3.63) is 27.3 Å². The number of hydrogen-bond donors (Lipinski definition) is 1. The molecular formula is C19H26KN3O3S. The molecule has 8 heteroatoms. The van der Waals surface area contributed by atoms with Crippen molar-refractivity contribution in [2.75, 3.05) is 26.1 Å². The molecule has 142 valence electrons. The summed E-state index contributed by atoms with van der Waals surface area (Å²) in [6.07, 6.45) is -2.69. The fourth-order valence-corrected chi connectivity index (χ4v) is 3.40. The van der Waals surface area contributed by atoms with E-state index in [2.05, 4.69) is 0 Å². The Hall–Kier alpha value is -0.224. The summed E-state index contributed by atoms with van der Waals surface area (Å²) in [5, 5.41) is 11.5. The van der Waals surface area contributed by atoms with Crippen molar-refractivity contribution in [3.8, 4) is 5.75 Å². The van der Waals surface area contributed by atoms with Crippen LogP contribution in [0.4, 0.5) is 0 Å². The average molecular weight is 429 g/mol. The van der Waals surface area contributed by atoms with Crippen molar-refractivity contribution in [2.24, 2.45) is 0 Å². The minimum absolute atomic E-state index is 0. The number of piperidine rings is 1. The van der Waals surface area contributed by atoms with Crippen LogP contribution in [0.2, 0.25) is 1.41 Å². The minimum atomic E-state index is -3.20. The molecule has 1 fully saturated rings. The fourth-order valence-electron chi connectivity index (χ4n) is 2.60. The third-order valence-corrected chi connectivity index (χ3v) is 4.62. The third-order valence-electron chi connectivity index (χ3n) is 3.84. The van der Waals surface area contributed by atoms with Gasteiger partial charge in [0.25, 0.3) is 11.5 Å². The van der Waals surface area contributed by atoms with Gasteiger partial charge in [-0.1, -0.05) is 12.1 Å². The van der Waals surface area contributed by atoms with Gasteiger partial charge in [0, 0.05) is 30.2 Å². The summed E-state index contributed by atoms with van der Waals surface area (Å²) in [6.45, 7) is -8.11. The van der Waals surface area contributed by atoms with E-state index in [0.717, 1.165) is 11.8 Å². The second-order valence-corrected chi connectivity index (χ2v) is 6.38. The number of carbonyl (C=O) groups excluding carboxylic acids is 1. The quantitative estimate of drug-likeness (QED) is 0.619. The first-order valence-electron chi connectivity index (χ1n) is 14.4. The van der Waals surface area contributed by atoms with E-state index < -0.39 is 88.4 Å². The average Bonchev–Trinajstić information content (AvgIpc) is 3.05. The summed E-state index contributed by atoms with van der Waals surface area (Å²) < 4.78 is 104. The Bertz CT molecular complexity index is 1350. The van der Waals surface area contributed by atoms with Crippen LogP contribution in [0, 0.1) is 0 Å². The van der Waals surface area contributed by atoms with Gasteiger partial charge < -0.3 is 15.3 Å². The SMILES string of the molecule is [2H]c1sc2c(c1[2H])c([O-])c(C(=O)N([2H])C([2H])([2H])CC([2H])([2H])N1CCC([2H])([2H])CC1)c(=O)n2C([2H])(C)C([2H])([2H])[2H].[K+]. The molecule has 1 atom stereocenters. The molecule has 0 spiro atoms. The van der Waals surface area contributed by atoms with Gasteiger partial charge in [0.2, 0.25) is 0 Å². The molecule has 3 rings (SSSR count). The van der Waals surface area contributed by atoms with Crippen LogP contribution in [-0.4, -0.2) is 41.5 Å². The van der Waals surface area contributed by atoms with E-state index in [1.807, 2.05) is 0 Å². The predicted molar refractivity (Wildman–Crippen MR) is 103 cm³/mol. The van der Waals surface area contributed by atoms with Gasteiger partial charge in [0.1, 0.15) is 4.83 Å². The van der Waals surface area contributed by atoms with E-state index in [0.29, 0.717) is 11.3 Å². The first-order valence-corrected chi connectivity index (χ1v) is 8.73. The monoisotopic (exact) mass is 428 g/mol. The summed E-state index contributed by atoms with van der Waals surface area (Å²) in [5.74, 6) is -3.28. The van der Waals surface area contributed by atoms with Gasteiger partial charge in [-0.25, -0.2) is 0 Å². The fraction of sp³-hybridized carbons (Fsp3) is 0.579. The number of hydrogen-bond acceptors (Lipinski definition) is 5. The molecule has 27 heavy (non-hydrogen) atoms. The van der Waals surface area contributed by atoms with Crippen LogP contribution >= 0.6 is 11.3 Å². The van der Waals surface area contributed by atoms with Crippen LogP contribution in [0.3, 0.4) is 0 Å². The van der Waals surface area contributed by atoms with Gasteiger partial charge in [0.15, 0.2) is 1.41 Å². The van der Waals surface area contributed by atoms with Crippen LogP contribution in [0.25, 0.3) is 10.2 Å². The molecule has 0 saturated carbocycles. The number of carbonyl (C=O) groups is 1. The maximum Gasteiger partial charge on any atom is 1.00 e. The van der Waals surface area contributed by atoms with Crippen molar-refractivity contribution >= 4 is 27.5 Å². The molecule has 3 heterocycles. The molecule has 1 unspecified atom stereocenters. The number of pyridine rings is 1. The van der Waals surface area contributed by atoms with E-state index in [9.17, 15) is 14.7 Å². The third kappa shape index (κ3) is 5.23. The maximum atomic E-state index is 13.4. The molecule has 6 nitrogen and oxygen atoms in total. The van der Waals surface area contributed by atoms with Crippen molar-refractivity contribution in [3.63, 3.8) is 0 Å². The first-order chi connectivity index (χ1) is 17.5. The van der Waals surface area contributed by atoms with Gasteiger partial charge in [-0.2, -0.15) is 0 Å². The number of aromatic nitrogens is 1. The van der Waals surface area contributed by atoms with Crippen LogP contribution in [-0.2, 0) is 0 Å². The van der Waals surface area contributed by atoms with Gasteiger partial charge in [-0.05, 0) is 64.0 Å². The standard InChI is InChI=1S/C19H27N3O3S.K/c1-13(2)22-18(25)15(16(23)14-7-12-26-19(14)22)17(24)20-8-6-11-21-9-4-3-5-10-21;/h7,12-13,23H,3-6,8-11H2,1-2H3,(H,20,24);/q;+1/p-1/i1D3,3D2,7D,8D2,11D2,12D,13D;/hD.